The second kappa shape index (κ2) is 8.59. The Kier molecular flexibility index (Phi) is 5.74. The number of nitrogens with zero attached hydrogens (tertiary/aromatic N) is 4. The lowest BCUT2D eigenvalue weighted by Crippen LogP contribution is -2.32. The van der Waals surface area contributed by atoms with Gasteiger partial charge in [0.2, 0.25) is 5.91 Å². The molecule has 1 saturated carbocycles. The summed E-state index contributed by atoms with van der Waals surface area (Å²) < 4.78 is 0. The quantitative estimate of drug-likeness (QED) is 0.673. The summed E-state index contributed by atoms with van der Waals surface area (Å²) in [6.07, 6.45) is 8.19. The van der Waals surface area contributed by atoms with Crippen LogP contribution < -0.4 is 10.2 Å². The van der Waals surface area contributed by atoms with E-state index >= 15 is 0 Å². The molecule has 0 atom stereocenters. The molecule has 2 N–H and O–H groups in total. The van der Waals surface area contributed by atoms with E-state index in [-0.39, 0.29) is 5.91 Å². The van der Waals surface area contributed by atoms with Gasteiger partial charge in [0, 0.05) is 44.6 Å². The van der Waals surface area contributed by atoms with Gasteiger partial charge in [-0.05, 0) is 49.3 Å². The van der Waals surface area contributed by atoms with Crippen molar-refractivity contribution in [2.75, 3.05) is 25.5 Å². The standard InChI is InChI=1S/C22H28N6O/c1-28(2)18-9-5-15(6-10-18)13-19(29)25-14-16-3-7-17(8-4-16)20-21-22(27-26-20)24-12-11-23-21/h5-6,9-12,16-17H,3-4,7-8,13-14H2,1-2H3,(H,25,29)(H,24,26,27). The number of H-pyrrole nitrogens is 1. The van der Waals surface area contributed by atoms with Gasteiger partial charge in [-0.3, -0.25) is 9.89 Å². The summed E-state index contributed by atoms with van der Waals surface area (Å²) in [6.45, 7) is 0.755. The average Bonchev–Trinajstić information content (AvgIpc) is 3.17. The largest absolute Gasteiger partial charge is 0.378 e. The van der Waals surface area contributed by atoms with Crippen LogP contribution in [0.3, 0.4) is 0 Å². The molecule has 0 unspecified atom stereocenters. The number of benzene rings is 1. The molecule has 4 rings (SSSR count). The summed E-state index contributed by atoms with van der Waals surface area (Å²) in [4.78, 5) is 23.1. The zero-order chi connectivity index (χ0) is 20.2. The van der Waals surface area contributed by atoms with Gasteiger partial charge in [0.05, 0.1) is 12.1 Å². The van der Waals surface area contributed by atoms with Crippen LogP contribution in [0.5, 0.6) is 0 Å². The van der Waals surface area contributed by atoms with Crippen molar-refractivity contribution in [3.05, 3.63) is 47.9 Å². The maximum absolute atomic E-state index is 12.3. The first-order valence-electron chi connectivity index (χ1n) is 10.3. The monoisotopic (exact) mass is 392 g/mol. The van der Waals surface area contributed by atoms with Crippen LogP contribution in [0.15, 0.2) is 36.7 Å². The van der Waals surface area contributed by atoms with Crippen molar-refractivity contribution in [3.63, 3.8) is 0 Å². The Morgan fingerprint density at radius 3 is 2.55 bits per heavy atom. The molecule has 0 spiro atoms. The molecule has 1 aromatic carbocycles. The number of hydrogen-bond donors (Lipinski definition) is 2. The number of anilines is 1. The summed E-state index contributed by atoms with van der Waals surface area (Å²) in [5, 5.41) is 10.5. The van der Waals surface area contributed by atoms with Crippen LogP contribution in [0.25, 0.3) is 11.2 Å². The number of aromatic nitrogens is 4. The molecular weight excluding hydrogens is 364 g/mol. The SMILES string of the molecule is CN(C)c1ccc(CC(=O)NCC2CCC(c3[nH]nc4nccnc34)CC2)cc1. The Balaban J connectivity index is 1.24. The number of carbonyl (C=O) groups is 1. The highest BCUT2D eigenvalue weighted by Gasteiger charge is 2.26. The fourth-order valence-electron chi connectivity index (χ4n) is 4.13. The van der Waals surface area contributed by atoms with Gasteiger partial charge in [0.1, 0.15) is 5.52 Å². The Morgan fingerprint density at radius 2 is 1.83 bits per heavy atom. The Bertz CT molecular complexity index is 957. The molecular formula is C22H28N6O. The molecule has 0 radical (unpaired) electrons. The molecule has 7 heteroatoms. The molecule has 2 heterocycles. The number of hydrogen-bond acceptors (Lipinski definition) is 5. The summed E-state index contributed by atoms with van der Waals surface area (Å²) in [5.41, 5.74) is 4.88. The highest BCUT2D eigenvalue weighted by atomic mass is 16.1. The van der Waals surface area contributed by atoms with E-state index < -0.39 is 0 Å². The van der Waals surface area contributed by atoms with Crippen LogP contribution in [0.4, 0.5) is 5.69 Å². The highest BCUT2D eigenvalue weighted by molar-refractivity contribution is 5.78. The number of rotatable bonds is 6. The van der Waals surface area contributed by atoms with Crippen LogP contribution in [-0.4, -0.2) is 46.7 Å². The third-order valence-corrected chi connectivity index (χ3v) is 5.88. The van der Waals surface area contributed by atoms with E-state index in [0.717, 1.165) is 54.7 Å². The molecule has 7 nitrogen and oxygen atoms in total. The maximum Gasteiger partial charge on any atom is 0.224 e. The molecule has 1 aliphatic carbocycles. The van der Waals surface area contributed by atoms with E-state index in [1.54, 1.807) is 12.4 Å². The molecule has 29 heavy (non-hydrogen) atoms. The van der Waals surface area contributed by atoms with Crippen LogP contribution in [-0.2, 0) is 11.2 Å². The molecule has 0 saturated heterocycles. The van der Waals surface area contributed by atoms with Crippen molar-refractivity contribution in [1.29, 1.82) is 0 Å². The van der Waals surface area contributed by atoms with E-state index in [1.807, 2.05) is 38.4 Å². The van der Waals surface area contributed by atoms with Crippen molar-refractivity contribution in [3.8, 4) is 0 Å². The molecule has 1 amide bonds. The predicted molar refractivity (Wildman–Crippen MR) is 114 cm³/mol. The van der Waals surface area contributed by atoms with Crippen molar-refractivity contribution >= 4 is 22.8 Å². The van der Waals surface area contributed by atoms with Gasteiger partial charge in [-0.15, -0.1) is 0 Å². The van der Waals surface area contributed by atoms with Gasteiger partial charge >= 0.3 is 0 Å². The molecule has 0 bridgehead atoms. The van der Waals surface area contributed by atoms with E-state index in [2.05, 4.69) is 30.4 Å². The highest BCUT2D eigenvalue weighted by Crippen LogP contribution is 2.36. The molecule has 1 aliphatic rings. The first-order chi connectivity index (χ1) is 14.1. The molecule has 152 valence electrons. The zero-order valence-corrected chi connectivity index (χ0v) is 17.1. The van der Waals surface area contributed by atoms with Crippen molar-refractivity contribution in [2.45, 2.75) is 38.0 Å². The Labute approximate surface area is 170 Å². The normalized spacial score (nSPS) is 19.2. The number of aromatic amines is 1. The molecule has 2 aromatic heterocycles. The minimum Gasteiger partial charge on any atom is -0.378 e. The zero-order valence-electron chi connectivity index (χ0n) is 17.1. The second-order valence-electron chi connectivity index (χ2n) is 8.13. The summed E-state index contributed by atoms with van der Waals surface area (Å²) in [5.74, 6) is 1.07. The molecule has 0 aliphatic heterocycles. The fourth-order valence-corrected chi connectivity index (χ4v) is 4.13. The van der Waals surface area contributed by atoms with Crippen LogP contribution >= 0.6 is 0 Å². The van der Waals surface area contributed by atoms with E-state index in [1.165, 1.54) is 0 Å². The van der Waals surface area contributed by atoms with Crippen molar-refractivity contribution < 1.29 is 4.79 Å². The lowest BCUT2D eigenvalue weighted by molar-refractivity contribution is -0.120. The van der Waals surface area contributed by atoms with Gasteiger partial charge in [-0.2, -0.15) is 5.10 Å². The minimum absolute atomic E-state index is 0.0968. The second-order valence-corrected chi connectivity index (χ2v) is 8.13. The van der Waals surface area contributed by atoms with Crippen molar-refractivity contribution in [2.24, 2.45) is 5.92 Å². The lowest BCUT2D eigenvalue weighted by Gasteiger charge is -2.28. The smallest absolute Gasteiger partial charge is 0.224 e. The first kappa shape index (κ1) is 19.4. The average molecular weight is 393 g/mol. The Morgan fingerprint density at radius 1 is 1.10 bits per heavy atom. The van der Waals surface area contributed by atoms with Gasteiger partial charge < -0.3 is 10.2 Å². The van der Waals surface area contributed by atoms with E-state index in [0.29, 0.717) is 23.9 Å². The van der Waals surface area contributed by atoms with Gasteiger partial charge in [-0.1, -0.05) is 12.1 Å². The lowest BCUT2D eigenvalue weighted by atomic mass is 9.80. The van der Waals surface area contributed by atoms with E-state index in [4.69, 9.17) is 0 Å². The minimum atomic E-state index is 0.0968. The molecule has 1 fully saturated rings. The summed E-state index contributed by atoms with van der Waals surface area (Å²) in [6, 6.07) is 8.15. The third-order valence-electron chi connectivity index (χ3n) is 5.88. The number of carbonyl (C=O) groups excluding carboxylic acids is 1. The van der Waals surface area contributed by atoms with Crippen LogP contribution in [0, 0.1) is 5.92 Å². The van der Waals surface area contributed by atoms with E-state index in [9.17, 15) is 4.79 Å². The predicted octanol–water partition coefficient (Wildman–Crippen LogP) is 3.05. The van der Waals surface area contributed by atoms with Crippen LogP contribution in [0.1, 0.15) is 42.9 Å². The maximum atomic E-state index is 12.3. The summed E-state index contributed by atoms with van der Waals surface area (Å²) in [7, 11) is 4.03. The van der Waals surface area contributed by atoms with Crippen LogP contribution in [0.2, 0.25) is 0 Å². The Hall–Kier alpha value is -2.96. The number of amides is 1. The fraction of sp³-hybridized carbons (Fsp3) is 0.455. The first-order valence-corrected chi connectivity index (χ1v) is 10.3. The number of nitrogens with one attached hydrogen (secondary N) is 2. The molecule has 3 aromatic rings. The number of fused-ring (bicyclic) bond motifs is 1. The van der Waals surface area contributed by atoms with Gasteiger partial charge in [0.25, 0.3) is 0 Å². The van der Waals surface area contributed by atoms with Crippen molar-refractivity contribution in [1.82, 2.24) is 25.5 Å². The van der Waals surface area contributed by atoms with Gasteiger partial charge in [0.15, 0.2) is 5.65 Å². The summed E-state index contributed by atoms with van der Waals surface area (Å²) >= 11 is 0. The third kappa shape index (κ3) is 4.55. The topological polar surface area (TPSA) is 86.8 Å². The van der Waals surface area contributed by atoms with Gasteiger partial charge in [-0.25, -0.2) is 9.97 Å².